The quantitative estimate of drug-likeness (QED) is 0.774. The molecule has 5 nitrogen and oxygen atoms in total. The van der Waals surface area contributed by atoms with Gasteiger partial charge in [0.2, 0.25) is 0 Å². The number of rotatable bonds is 2. The largest absolute Gasteiger partial charge is 0.368 e. The minimum atomic E-state index is -0.703. The standard InChI is InChI=1S/C18H16F2N4O/c19-13-7-12(8-14(20)9-13)16-10-18(25)24-11-15(1-2-17(24)22-16)23-5-3-21-4-6-23/h1-2,7-11,21H,3-6H2. The fourth-order valence-electron chi connectivity index (χ4n) is 3.05. The zero-order valence-electron chi connectivity index (χ0n) is 13.4. The van der Waals surface area contributed by atoms with Crippen molar-refractivity contribution < 1.29 is 8.78 Å². The van der Waals surface area contributed by atoms with Crippen molar-refractivity contribution >= 4 is 11.3 Å². The second-order valence-electron chi connectivity index (χ2n) is 5.99. The molecule has 1 aliphatic rings. The minimum absolute atomic E-state index is 0.239. The van der Waals surface area contributed by atoms with Gasteiger partial charge in [-0.2, -0.15) is 0 Å². The van der Waals surface area contributed by atoms with Crippen LogP contribution >= 0.6 is 0 Å². The maximum absolute atomic E-state index is 13.4. The Morgan fingerprint density at radius 1 is 1.00 bits per heavy atom. The first kappa shape index (κ1) is 15.7. The number of pyridine rings is 1. The van der Waals surface area contributed by atoms with E-state index in [-0.39, 0.29) is 16.8 Å². The zero-order valence-corrected chi connectivity index (χ0v) is 13.4. The highest BCUT2D eigenvalue weighted by atomic mass is 19.1. The number of anilines is 1. The van der Waals surface area contributed by atoms with Gasteiger partial charge in [0.05, 0.1) is 11.4 Å². The molecular formula is C18H16F2N4O. The van der Waals surface area contributed by atoms with Gasteiger partial charge in [0, 0.05) is 50.1 Å². The zero-order chi connectivity index (χ0) is 17.4. The highest BCUT2D eigenvalue weighted by molar-refractivity contribution is 5.62. The van der Waals surface area contributed by atoms with E-state index in [0.29, 0.717) is 5.65 Å². The van der Waals surface area contributed by atoms with Crippen LogP contribution in [0.4, 0.5) is 14.5 Å². The third-order valence-electron chi connectivity index (χ3n) is 4.28. The van der Waals surface area contributed by atoms with Crippen LogP contribution in [0.15, 0.2) is 47.4 Å². The number of hydrogen-bond donors (Lipinski definition) is 1. The Morgan fingerprint density at radius 3 is 2.44 bits per heavy atom. The molecule has 0 atom stereocenters. The van der Waals surface area contributed by atoms with Crippen LogP contribution in [-0.2, 0) is 0 Å². The summed E-state index contributed by atoms with van der Waals surface area (Å²) in [4.78, 5) is 19.0. The average molecular weight is 342 g/mol. The molecule has 1 saturated heterocycles. The molecule has 25 heavy (non-hydrogen) atoms. The van der Waals surface area contributed by atoms with Gasteiger partial charge in [0.1, 0.15) is 17.3 Å². The van der Waals surface area contributed by atoms with Crippen molar-refractivity contribution in [1.29, 1.82) is 0 Å². The topological polar surface area (TPSA) is 49.6 Å². The van der Waals surface area contributed by atoms with Gasteiger partial charge >= 0.3 is 0 Å². The molecule has 3 heterocycles. The summed E-state index contributed by atoms with van der Waals surface area (Å²) in [5.74, 6) is -1.41. The van der Waals surface area contributed by atoms with E-state index in [9.17, 15) is 13.6 Å². The third kappa shape index (κ3) is 3.10. The Hall–Kier alpha value is -2.80. The molecule has 0 saturated carbocycles. The normalized spacial score (nSPS) is 14.9. The smallest absolute Gasteiger partial charge is 0.258 e. The van der Waals surface area contributed by atoms with Gasteiger partial charge in [-0.1, -0.05) is 0 Å². The summed E-state index contributed by atoms with van der Waals surface area (Å²) in [5, 5.41) is 3.28. The maximum Gasteiger partial charge on any atom is 0.258 e. The number of aromatic nitrogens is 2. The number of fused-ring (bicyclic) bond motifs is 1. The Kier molecular flexibility index (Phi) is 3.93. The summed E-state index contributed by atoms with van der Waals surface area (Å²) in [7, 11) is 0. The van der Waals surface area contributed by atoms with Crippen LogP contribution < -0.4 is 15.8 Å². The predicted molar refractivity (Wildman–Crippen MR) is 91.9 cm³/mol. The molecule has 0 amide bonds. The van der Waals surface area contributed by atoms with Crippen molar-refractivity contribution in [3.8, 4) is 11.3 Å². The Balaban J connectivity index is 1.79. The van der Waals surface area contributed by atoms with Crippen LogP contribution in [0.2, 0.25) is 0 Å². The van der Waals surface area contributed by atoms with Gasteiger partial charge < -0.3 is 10.2 Å². The van der Waals surface area contributed by atoms with Crippen LogP contribution in [0.1, 0.15) is 0 Å². The second kappa shape index (κ2) is 6.25. The van der Waals surface area contributed by atoms with E-state index in [2.05, 4.69) is 15.2 Å². The number of benzene rings is 1. The highest BCUT2D eigenvalue weighted by Gasteiger charge is 2.13. The van der Waals surface area contributed by atoms with E-state index < -0.39 is 11.6 Å². The van der Waals surface area contributed by atoms with E-state index in [1.54, 1.807) is 12.3 Å². The lowest BCUT2D eigenvalue weighted by Gasteiger charge is -2.29. The average Bonchev–Trinajstić information content (AvgIpc) is 2.61. The van der Waals surface area contributed by atoms with Crippen molar-refractivity contribution in [2.24, 2.45) is 0 Å². The molecule has 0 radical (unpaired) electrons. The summed E-state index contributed by atoms with van der Waals surface area (Å²) in [6, 6.07) is 8.06. The molecule has 0 bridgehead atoms. The van der Waals surface area contributed by atoms with E-state index in [1.807, 2.05) is 6.07 Å². The van der Waals surface area contributed by atoms with Crippen LogP contribution in [0.5, 0.6) is 0 Å². The molecule has 1 aromatic carbocycles. The predicted octanol–water partition coefficient (Wildman–Crippen LogP) is 2.05. The first-order chi connectivity index (χ1) is 12.1. The second-order valence-corrected chi connectivity index (χ2v) is 5.99. The minimum Gasteiger partial charge on any atom is -0.368 e. The molecule has 7 heteroatoms. The van der Waals surface area contributed by atoms with Crippen molar-refractivity contribution in [1.82, 2.24) is 14.7 Å². The van der Waals surface area contributed by atoms with Gasteiger partial charge in [-0.15, -0.1) is 0 Å². The molecule has 1 aliphatic heterocycles. The molecule has 4 rings (SSSR count). The van der Waals surface area contributed by atoms with Crippen LogP contribution in [-0.4, -0.2) is 35.6 Å². The molecule has 0 aliphatic carbocycles. The summed E-state index contributed by atoms with van der Waals surface area (Å²) in [5.41, 5.74) is 1.58. The number of hydrogen-bond acceptors (Lipinski definition) is 4. The fraction of sp³-hybridized carbons (Fsp3) is 0.222. The lowest BCUT2D eigenvalue weighted by molar-refractivity contribution is 0.584. The Bertz CT molecular complexity index is 976. The van der Waals surface area contributed by atoms with Crippen LogP contribution in [0, 0.1) is 11.6 Å². The molecule has 2 aromatic heterocycles. The SMILES string of the molecule is O=c1cc(-c2cc(F)cc(F)c2)nc2ccc(N3CCNCC3)cn12. The molecule has 1 fully saturated rings. The lowest BCUT2D eigenvalue weighted by atomic mass is 10.1. The fourth-order valence-corrected chi connectivity index (χ4v) is 3.05. The number of halogens is 2. The summed E-state index contributed by atoms with van der Waals surface area (Å²) < 4.78 is 28.3. The summed E-state index contributed by atoms with van der Waals surface area (Å²) >= 11 is 0. The molecule has 0 unspecified atom stereocenters. The van der Waals surface area contributed by atoms with E-state index in [1.165, 1.54) is 10.5 Å². The summed E-state index contributed by atoms with van der Waals surface area (Å²) in [6.45, 7) is 3.53. The van der Waals surface area contributed by atoms with E-state index in [0.717, 1.165) is 50.1 Å². The van der Waals surface area contributed by atoms with Crippen molar-refractivity contribution in [2.45, 2.75) is 0 Å². The maximum atomic E-state index is 13.4. The van der Waals surface area contributed by atoms with Gasteiger partial charge in [0.15, 0.2) is 0 Å². The monoisotopic (exact) mass is 342 g/mol. The summed E-state index contributed by atoms with van der Waals surface area (Å²) in [6.07, 6.45) is 1.76. The van der Waals surface area contributed by atoms with Gasteiger partial charge in [-0.05, 0) is 24.3 Å². The van der Waals surface area contributed by atoms with Crippen LogP contribution in [0.25, 0.3) is 16.9 Å². The Morgan fingerprint density at radius 2 is 1.72 bits per heavy atom. The van der Waals surface area contributed by atoms with Crippen molar-refractivity contribution in [3.63, 3.8) is 0 Å². The third-order valence-corrected chi connectivity index (χ3v) is 4.28. The molecular weight excluding hydrogens is 326 g/mol. The van der Waals surface area contributed by atoms with Crippen molar-refractivity contribution in [2.75, 3.05) is 31.1 Å². The van der Waals surface area contributed by atoms with Gasteiger partial charge in [-0.3, -0.25) is 9.20 Å². The number of piperazine rings is 1. The number of nitrogens with one attached hydrogen (secondary N) is 1. The van der Waals surface area contributed by atoms with E-state index >= 15 is 0 Å². The molecule has 1 N–H and O–H groups in total. The van der Waals surface area contributed by atoms with Crippen molar-refractivity contribution in [3.05, 3.63) is 64.6 Å². The van der Waals surface area contributed by atoms with E-state index in [4.69, 9.17) is 0 Å². The Labute approximate surface area is 142 Å². The molecule has 128 valence electrons. The first-order valence-electron chi connectivity index (χ1n) is 8.06. The van der Waals surface area contributed by atoms with Crippen LogP contribution in [0.3, 0.4) is 0 Å². The molecule has 0 spiro atoms. The lowest BCUT2D eigenvalue weighted by Crippen LogP contribution is -2.43. The first-order valence-corrected chi connectivity index (χ1v) is 8.06. The molecule has 3 aromatic rings. The van der Waals surface area contributed by atoms with Gasteiger partial charge in [-0.25, -0.2) is 13.8 Å². The number of nitrogens with zero attached hydrogens (tertiary/aromatic N) is 3. The highest BCUT2D eigenvalue weighted by Crippen LogP contribution is 2.20. The van der Waals surface area contributed by atoms with Gasteiger partial charge in [0.25, 0.3) is 5.56 Å².